The van der Waals surface area contributed by atoms with Crippen LogP contribution in [0.5, 0.6) is 0 Å². The van der Waals surface area contributed by atoms with Crippen molar-refractivity contribution in [3.63, 3.8) is 0 Å². The van der Waals surface area contributed by atoms with E-state index in [4.69, 9.17) is 0 Å². The van der Waals surface area contributed by atoms with Crippen molar-refractivity contribution < 1.29 is 17.2 Å². The molecule has 82 valence electrons. The SMILES string of the molecule is CS(=O)c1ncccc1/C=C/[B-](F)(F)F. The van der Waals surface area contributed by atoms with Gasteiger partial charge in [-0.25, -0.2) is 4.98 Å². The Hall–Kier alpha value is -1.11. The minimum Gasteiger partial charge on any atom is -0.445 e. The Balaban J connectivity index is 3.05. The number of nitrogens with zero attached hydrogens (tertiary/aromatic N) is 1. The third-order valence-corrected chi connectivity index (χ3v) is 2.45. The lowest BCUT2D eigenvalue weighted by atomic mass is 9.91. The van der Waals surface area contributed by atoms with E-state index < -0.39 is 17.8 Å². The maximum absolute atomic E-state index is 12.0. The Bertz CT molecular complexity index is 405. The van der Waals surface area contributed by atoms with Crippen LogP contribution in [0.15, 0.2) is 29.3 Å². The van der Waals surface area contributed by atoms with Crippen molar-refractivity contribution in [2.24, 2.45) is 0 Å². The molecule has 1 atom stereocenters. The maximum atomic E-state index is 12.0. The average Bonchev–Trinajstić information content (AvgIpc) is 2.14. The summed E-state index contributed by atoms with van der Waals surface area (Å²) < 4.78 is 47.0. The Labute approximate surface area is 87.7 Å². The fourth-order valence-corrected chi connectivity index (χ4v) is 1.66. The van der Waals surface area contributed by atoms with Gasteiger partial charge in [-0.3, -0.25) is 4.21 Å². The van der Waals surface area contributed by atoms with Crippen molar-refractivity contribution >= 4 is 23.9 Å². The highest BCUT2D eigenvalue weighted by Gasteiger charge is 2.17. The number of aromatic nitrogens is 1. The van der Waals surface area contributed by atoms with Crippen molar-refractivity contribution in [1.29, 1.82) is 0 Å². The van der Waals surface area contributed by atoms with Gasteiger partial charge in [0.05, 0.1) is 10.8 Å². The van der Waals surface area contributed by atoms with E-state index in [1.807, 2.05) is 0 Å². The molecule has 0 radical (unpaired) electrons. The van der Waals surface area contributed by atoms with Crippen molar-refractivity contribution in [1.82, 2.24) is 4.98 Å². The molecule has 0 aliphatic heterocycles. The summed E-state index contributed by atoms with van der Waals surface area (Å²) in [6.45, 7) is -4.97. The van der Waals surface area contributed by atoms with Crippen molar-refractivity contribution in [2.75, 3.05) is 6.26 Å². The molecule has 0 aliphatic carbocycles. The zero-order chi connectivity index (χ0) is 11.5. The number of rotatable bonds is 3. The highest BCUT2D eigenvalue weighted by molar-refractivity contribution is 7.84. The lowest BCUT2D eigenvalue weighted by molar-refractivity contribution is 0.499. The van der Waals surface area contributed by atoms with E-state index in [-0.39, 0.29) is 16.6 Å². The Morgan fingerprint density at radius 2 is 2.13 bits per heavy atom. The van der Waals surface area contributed by atoms with Crippen LogP contribution in [0.2, 0.25) is 0 Å². The molecule has 1 aromatic rings. The van der Waals surface area contributed by atoms with Gasteiger partial charge in [0.15, 0.2) is 0 Å². The summed E-state index contributed by atoms with van der Waals surface area (Å²) in [6, 6.07) is 2.95. The van der Waals surface area contributed by atoms with Crippen molar-refractivity contribution in [3.05, 3.63) is 29.9 Å². The van der Waals surface area contributed by atoms with E-state index in [2.05, 4.69) is 4.98 Å². The summed E-state index contributed by atoms with van der Waals surface area (Å²) in [6.07, 6.45) is 3.66. The lowest BCUT2D eigenvalue weighted by Crippen LogP contribution is -2.09. The third kappa shape index (κ3) is 3.87. The van der Waals surface area contributed by atoms with Crippen LogP contribution in [0.1, 0.15) is 5.56 Å². The quantitative estimate of drug-likeness (QED) is 0.750. The first kappa shape index (κ1) is 12.0. The molecule has 0 aliphatic rings. The van der Waals surface area contributed by atoms with Crippen molar-refractivity contribution in [2.45, 2.75) is 5.03 Å². The Morgan fingerprint density at radius 1 is 1.47 bits per heavy atom. The third-order valence-electron chi connectivity index (χ3n) is 1.57. The summed E-state index contributed by atoms with van der Waals surface area (Å²) in [5.74, 6) is 0.160. The number of hydrogen-bond donors (Lipinski definition) is 0. The summed E-state index contributed by atoms with van der Waals surface area (Å²) in [7, 11) is -1.39. The van der Waals surface area contributed by atoms with Crippen LogP contribution in [0.25, 0.3) is 6.08 Å². The van der Waals surface area contributed by atoms with Crippen LogP contribution in [-0.4, -0.2) is 22.4 Å². The predicted octanol–water partition coefficient (Wildman–Crippen LogP) is 2.22. The second-order valence-electron chi connectivity index (χ2n) is 2.84. The molecule has 0 saturated carbocycles. The van der Waals surface area contributed by atoms with E-state index in [0.29, 0.717) is 0 Å². The van der Waals surface area contributed by atoms with Crippen LogP contribution in [0.4, 0.5) is 12.9 Å². The number of halogens is 3. The van der Waals surface area contributed by atoms with E-state index in [1.165, 1.54) is 24.6 Å². The lowest BCUT2D eigenvalue weighted by Gasteiger charge is -2.07. The predicted molar refractivity (Wildman–Crippen MR) is 54.7 cm³/mol. The highest BCUT2D eigenvalue weighted by atomic mass is 32.2. The van der Waals surface area contributed by atoms with Gasteiger partial charge in [-0.1, -0.05) is 12.1 Å². The molecule has 1 unspecified atom stereocenters. The van der Waals surface area contributed by atoms with Gasteiger partial charge < -0.3 is 12.9 Å². The summed E-state index contributed by atoms with van der Waals surface area (Å²) >= 11 is 0. The summed E-state index contributed by atoms with van der Waals surface area (Å²) in [5, 5.41) is 0.161. The van der Waals surface area contributed by atoms with Crippen molar-refractivity contribution in [3.8, 4) is 0 Å². The van der Waals surface area contributed by atoms with E-state index >= 15 is 0 Å². The Morgan fingerprint density at radius 3 is 2.67 bits per heavy atom. The molecule has 0 saturated heterocycles. The largest absolute Gasteiger partial charge is 0.502 e. The zero-order valence-corrected chi connectivity index (χ0v) is 8.68. The first-order valence-electron chi connectivity index (χ1n) is 4.08. The first-order valence-corrected chi connectivity index (χ1v) is 5.63. The topological polar surface area (TPSA) is 30.0 Å². The molecule has 1 aromatic heterocycles. The van der Waals surface area contributed by atoms with Crippen LogP contribution >= 0.6 is 0 Å². The van der Waals surface area contributed by atoms with Gasteiger partial charge in [0.2, 0.25) is 0 Å². The van der Waals surface area contributed by atoms with Gasteiger partial charge in [0.1, 0.15) is 5.03 Å². The average molecular weight is 234 g/mol. The fraction of sp³-hybridized carbons (Fsp3) is 0.125. The van der Waals surface area contributed by atoms with Crippen LogP contribution in [0.3, 0.4) is 0 Å². The van der Waals surface area contributed by atoms with Gasteiger partial charge in [-0.15, -0.1) is 5.98 Å². The zero-order valence-electron chi connectivity index (χ0n) is 7.86. The molecule has 7 heteroatoms. The standard InChI is InChI=1S/C8H8BF3NOS/c1-15(14)8-7(3-2-6-13-8)4-5-9(10,11)12/h2-6H,1H3/q-1/b5-4+. The monoisotopic (exact) mass is 234 g/mol. The van der Waals surface area contributed by atoms with Gasteiger partial charge >= 0.3 is 6.98 Å². The van der Waals surface area contributed by atoms with Crippen LogP contribution < -0.4 is 0 Å². The molecular weight excluding hydrogens is 226 g/mol. The fourth-order valence-electron chi connectivity index (χ4n) is 0.983. The molecule has 2 nitrogen and oxygen atoms in total. The first-order chi connectivity index (χ1) is 6.90. The van der Waals surface area contributed by atoms with E-state index in [0.717, 1.165) is 6.08 Å². The minimum atomic E-state index is -4.97. The number of hydrogen-bond acceptors (Lipinski definition) is 2. The van der Waals surface area contributed by atoms with Crippen LogP contribution in [-0.2, 0) is 10.8 Å². The molecule has 1 rings (SSSR count). The van der Waals surface area contributed by atoms with Gasteiger partial charge in [0.25, 0.3) is 0 Å². The molecule has 0 bridgehead atoms. The van der Waals surface area contributed by atoms with E-state index in [9.17, 15) is 17.2 Å². The maximum Gasteiger partial charge on any atom is 0.502 e. The smallest absolute Gasteiger partial charge is 0.445 e. The number of pyridine rings is 1. The molecular formula is C8H8BF3NOS-. The van der Waals surface area contributed by atoms with E-state index in [1.54, 1.807) is 0 Å². The second kappa shape index (κ2) is 4.61. The van der Waals surface area contributed by atoms with Crippen LogP contribution in [0, 0.1) is 0 Å². The molecule has 0 spiro atoms. The Kier molecular flexibility index (Phi) is 3.68. The summed E-state index contributed by atoms with van der Waals surface area (Å²) in [4.78, 5) is 3.77. The van der Waals surface area contributed by atoms with Gasteiger partial charge in [0, 0.05) is 18.0 Å². The second-order valence-corrected chi connectivity index (χ2v) is 4.13. The molecule has 0 aromatic carbocycles. The summed E-state index contributed by atoms with van der Waals surface area (Å²) in [5.41, 5.74) is 0.234. The molecule has 0 N–H and O–H groups in total. The minimum absolute atomic E-state index is 0.160. The van der Waals surface area contributed by atoms with Gasteiger partial charge in [-0.2, -0.15) is 0 Å². The van der Waals surface area contributed by atoms with Gasteiger partial charge in [-0.05, 0) is 6.07 Å². The normalized spacial score (nSPS) is 14.4. The molecule has 0 amide bonds. The molecule has 1 heterocycles. The highest BCUT2D eigenvalue weighted by Crippen LogP contribution is 2.15. The molecule has 15 heavy (non-hydrogen) atoms. The molecule has 0 fully saturated rings.